The van der Waals surface area contributed by atoms with Crippen LogP contribution in [0, 0.1) is 0 Å². The van der Waals surface area contributed by atoms with Crippen molar-refractivity contribution >= 4 is 40.6 Å². The maximum atomic E-state index is 13.7. The first-order valence-electron chi connectivity index (χ1n) is 16.0. The van der Waals surface area contributed by atoms with Crippen LogP contribution in [-0.2, 0) is 11.3 Å². The van der Waals surface area contributed by atoms with Gasteiger partial charge >= 0.3 is 0 Å². The fraction of sp³-hybridized carbons (Fsp3) is 0.514. The molecule has 2 atom stereocenters. The summed E-state index contributed by atoms with van der Waals surface area (Å²) in [5.41, 5.74) is 3.02. The van der Waals surface area contributed by atoms with E-state index in [1.807, 2.05) is 63.8 Å². The summed E-state index contributed by atoms with van der Waals surface area (Å²) in [4.78, 5) is 44.9. The van der Waals surface area contributed by atoms with E-state index in [0.29, 0.717) is 30.0 Å². The molecule has 1 aromatic heterocycles. The molecule has 1 N–H and O–H groups in total. The van der Waals surface area contributed by atoms with Crippen LogP contribution in [0.5, 0.6) is 5.75 Å². The Hall–Kier alpha value is -3.36. The zero-order valence-corrected chi connectivity index (χ0v) is 28.5. The molecule has 5 rings (SSSR count). The smallest absolute Gasteiger partial charge is 0.257 e. The average Bonchev–Trinajstić information content (AvgIpc) is 3.71. The third-order valence-corrected chi connectivity index (χ3v) is 7.87. The average molecular weight is 627 g/mol. The van der Waals surface area contributed by atoms with E-state index in [2.05, 4.69) is 29.8 Å². The van der Waals surface area contributed by atoms with Gasteiger partial charge in [0.05, 0.1) is 12.2 Å². The number of benzene rings is 2. The van der Waals surface area contributed by atoms with Crippen molar-refractivity contribution in [3.05, 3.63) is 64.3 Å². The number of nitrogens with one attached hydrogen (secondary N) is 1. The number of amides is 2. The monoisotopic (exact) mass is 626 g/mol. The van der Waals surface area contributed by atoms with Gasteiger partial charge in [0, 0.05) is 78.6 Å². The number of aromatic amines is 1. The van der Waals surface area contributed by atoms with Crippen molar-refractivity contribution in [1.29, 1.82) is 0 Å². The minimum Gasteiger partial charge on any atom is -0.493 e. The molecule has 2 aliphatic rings. The number of halogens is 1. The number of aromatic nitrogens is 1. The van der Waals surface area contributed by atoms with Gasteiger partial charge in [-0.2, -0.15) is 0 Å². The first kappa shape index (κ1) is 36.8. The van der Waals surface area contributed by atoms with Crippen LogP contribution in [0.2, 0.25) is 5.02 Å². The Balaban J connectivity index is 0.000000526. The quantitative estimate of drug-likeness (QED) is 0.217. The Kier molecular flexibility index (Phi) is 15.4. The maximum Gasteiger partial charge on any atom is 0.257 e. The van der Waals surface area contributed by atoms with Crippen LogP contribution < -0.4 is 4.74 Å². The van der Waals surface area contributed by atoms with Gasteiger partial charge in [-0.25, -0.2) is 0 Å². The van der Waals surface area contributed by atoms with Gasteiger partial charge in [-0.3, -0.25) is 19.3 Å². The van der Waals surface area contributed by atoms with Crippen molar-refractivity contribution in [2.75, 3.05) is 32.8 Å². The van der Waals surface area contributed by atoms with Crippen molar-refractivity contribution in [3.63, 3.8) is 0 Å². The lowest BCUT2D eigenvalue weighted by atomic mass is 10.0. The highest BCUT2D eigenvalue weighted by atomic mass is 35.5. The minimum atomic E-state index is -0.0715. The van der Waals surface area contributed by atoms with Crippen LogP contribution >= 0.6 is 11.6 Å². The number of rotatable bonds is 7. The summed E-state index contributed by atoms with van der Waals surface area (Å²) >= 11 is 6.16. The number of ether oxygens (including phenoxy) is 1. The number of ketones is 1. The fourth-order valence-electron chi connectivity index (χ4n) is 5.46. The maximum absolute atomic E-state index is 13.7. The number of hydrogen-bond donors (Lipinski definition) is 1. The molecule has 2 aromatic carbocycles. The molecule has 0 radical (unpaired) electrons. The SMILES string of the molecule is CC.CC.CCOc1cc2[nH]cc(C(C)=O)c2cc1C(=O)N1C[C@H](C)N(Cc2cccc(Cl)c2)CC1C.O=CN1CCCC1. The summed E-state index contributed by atoms with van der Waals surface area (Å²) in [5.74, 6) is 0.423. The second-order valence-corrected chi connectivity index (χ2v) is 11.1. The van der Waals surface area contributed by atoms with Crippen molar-refractivity contribution in [3.8, 4) is 5.75 Å². The highest BCUT2D eigenvalue weighted by Gasteiger charge is 2.34. The van der Waals surface area contributed by atoms with Crippen molar-refractivity contribution < 1.29 is 19.1 Å². The Labute approximate surface area is 268 Å². The normalized spacial score (nSPS) is 17.8. The molecular weight excluding hydrogens is 576 g/mol. The van der Waals surface area contributed by atoms with E-state index in [1.165, 1.54) is 19.8 Å². The highest BCUT2D eigenvalue weighted by molar-refractivity contribution is 6.30. The van der Waals surface area contributed by atoms with Crippen molar-refractivity contribution in [2.24, 2.45) is 0 Å². The number of carbonyl (C=O) groups excluding carboxylic acids is 3. The van der Waals surface area contributed by atoms with Gasteiger partial charge in [0.2, 0.25) is 6.41 Å². The minimum absolute atomic E-state index is 0.0246. The van der Waals surface area contributed by atoms with Crippen LogP contribution in [0.15, 0.2) is 42.6 Å². The fourth-order valence-corrected chi connectivity index (χ4v) is 5.67. The van der Waals surface area contributed by atoms with Gasteiger partial charge in [0.15, 0.2) is 5.78 Å². The third-order valence-electron chi connectivity index (χ3n) is 7.63. The molecule has 9 heteroatoms. The lowest BCUT2D eigenvalue weighted by Gasteiger charge is -2.44. The number of H-pyrrole nitrogens is 1. The van der Waals surface area contributed by atoms with E-state index in [-0.39, 0.29) is 23.8 Å². The number of nitrogens with zero attached hydrogens (tertiary/aromatic N) is 3. The van der Waals surface area contributed by atoms with E-state index in [0.717, 1.165) is 54.1 Å². The Morgan fingerprint density at radius 3 is 2.25 bits per heavy atom. The number of likely N-dealkylation sites (tertiary alicyclic amines) is 1. The van der Waals surface area contributed by atoms with Crippen LogP contribution in [0.3, 0.4) is 0 Å². The first-order valence-corrected chi connectivity index (χ1v) is 16.4. The number of fused-ring (bicyclic) bond motifs is 1. The number of carbonyl (C=O) groups is 3. The van der Waals surface area contributed by atoms with Gasteiger partial charge in [-0.05, 0) is 64.3 Å². The molecule has 0 saturated carbocycles. The van der Waals surface area contributed by atoms with Crippen molar-refractivity contribution in [1.82, 2.24) is 19.7 Å². The zero-order valence-electron chi connectivity index (χ0n) is 27.8. The summed E-state index contributed by atoms with van der Waals surface area (Å²) in [6.07, 6.45) is 5.00. The Morgan fingerprint density at radius 2 is 1.68 bits per heavy atom. The molecule has 2 amide bonds. The Morgan fingerprint density at radius 1 is 1.00 bits per heavy atom. The molecule has 242 valence electrons. The predicted octanol–water partition coefficient (Wildman–Crippen LogP) is 7.45. The molecule has 8 nitrogen and oxygen atoms in total. The van der Waals surface area contributed by atoms with Crippen LogP contribution in [0.4, 0.5) is 0 Å². The van der Waals surface area contributed by atoms with Crippen LogP contribution in [0.1, 0.15) is 94.5 Å². The largest absolute Gasteiger partial charge is 0.493 e. The standard InChI is InChI=1S/C26H30ClN3O3.C5H9NO.2C2H6/c1-5-33-25-11-24-21(23(12-28-24)18(4)31)10-22(25)26(32)30-14-16(2)29(13-17(30)3)15-19-7-6-8-20(27)9-19;7-5-6-3-1-2-4-6;2*1-2/h6-12,16-17,28H,5,13-15H2,1-4H3;5H,1-4H2;2*1-2H3/t16-,17?;;;/m0.../s1. The molecule has 0 aliphatic carbocycles. The molecule has 44 heavy (non-hydrogen) atoms. The lowest BCUT2D eigenvalue weighted by molar-refractivity contribution is -0.117. The van der Waals surface area contributed by atoms with E-state index in [9.17, 15) is 14.4 Å². The predicted molar refractivity (Wildman–Crippen MR) is 181 cm³/mol. The topological polar surface area (TPSA) is 86.0 Å². The van der Waals surface area contributed by atoms with E-state index in [4.69, 9.17) is 16.3 Å². The summed E-state index contributed by atoms with van der Waals surface area (Å²) in [5, 5.41) is 1.48. The first-order chi connectivity index (χ1) is 21.2. The molecule has 2 fully saturated rings. The number of hydrogen-bond acceptors (Lipinski definition) is 5. The van der Waals surface area contributed by atoms with Gasteiger partial charge < -0.3 is 19.5 Å². The van der Waals surface area contributed by atoms with Crippen LogP contribution in [-0.4, -0.2) is 82.7 Å². The molecule has 0 bridgehead atoms. The van der Waals surface area contributed by atoms with Gasteiger partial charge in [0.25, 0.3) is 5.91 Å². The highest BCUT2D eigenvalue weighted by Crippen LogP contribution is 2.31. The summed E-state index contributed by atoms with van der Waals surface area (Å²) in [6.45, 7) is 20.2. The second kappa shape index (κ2) is 18.4. The van der Waals surface area contributed by atoms with Gasteiger partial charge in [0.1, 0.15) is 5.75 Å². The zero-order chi connectivity index (χ0) is 32.8. The van der Waals surface area contributed by atoms with Crippen molar-refractivity contribution in [2.45, 2.75) is 86.9 Å². The lowest BCUT2D eigenvalue weighted by Crippen LogP contribution is -2.57. The van der Waals surface area contributed by atoms with E-state index < -0.39 is 0 Å². The summed E-state index contributed by atoms with van der Waals surface area (Å²) in [6, 6.07) is 11.7. The van der Waals surface area contributed by atoms with Gasteiger partial charge in [-0.15, -0.1) is 0 Å². The van der Waals surface area contributed by atoms with Gasteiger partial charge in [-0.1, -0.05) is 51.4 Å². The summed E-state index contributed by atoms with van der Waals surface area (Å²) in [7, 11) is 0. The van der Waals surface area contributed by atoms with Crippen LogP contribution in [0.25, 0.3) is 10.9 Å². The molecular formula is C35H51ClN4O4. The molecule has 2 saturated heterocycles. The third kappa shape index (κ3) is 9.57. The van der Waals surface area contributed by atoms with E-state index >= 15 is 0 Å². The number of piperazine rings is 1. The number of Topliss-reactive ketones (excluding diaryl/α,β-unsaturated/α-hetero) is 1. The van der Waals surface area contributed by atoms with E-state index in [1.54, 1.807) is 17.2 Å². The molecule has 2 aliphatic heterocycles. The molecule has 3 aromatic rings. The Bertz CT molecular complexity index is 1350. The molecule has 0 spiro atoms. The molecule has 3 heterocycles. The molecule has 1 unspecified atom stereocenters. The second-order valence-electron chi connectivity index (χ2n) is 10.6. The summed E-state index contributed by atoms with van der Waals surface area (Å²) < 4.78 is 5.82.